The van der Waals surface area contributed by atoms with Crippen molar-refractivity contribution >= 4 is 16.3 Å². The lowest BCUT2D eigenvalue weighted by Crippen LogP contribution is -2.38. The molecule has 0 bridgehead atoms. The van der Waals surface area contributed by atoms with E-state index in [9.17, 15) is 4.79 Å². The smallest absolute Gasteiger partial charge is 0.300 e. The zero-order chi connectivity index (χ0) is 23.3. The van der Waals surface area contributed by atoms with Gasteiger partial charge in [-0.05, 0) is 55.5 Å². The molecule has 1 fully saturated rings. The van der Waals surface area contributed by atoms with Crippen molar-refractivity contribution in [3.63, 3.8) is 0 Å². The molecule has 34 heavy (non-hydrogen) atoms. The first-order valence-electron chi connectivity index (χ1n) is 11.4. The molecular formula is C25H26N4O4S. The van der Waals surface area contributed by atoms with Crippen LogP contribution in [-0.4, -0.2) is 65.6 Å². The molecule has 2 aromatic carbocycles. The van der Waals surface area contributed by atoms with Gasteiger partial charge >= 0.3 is 5.56 Å². The van der Waals surface area contributed by atoms with Crippen LogP contribution in [0.1, 0.15) is 6.92 Å². The second-order valence-electron chi connectivity index (χ2n) is 7.87. The molecule has 0 N–H and O–H groups in total. The Hall–Kier alpha value is -3.27. The second kappa shape index (κ2) is 10.3. The van der Waals surface area contributed by atoms with E-state index in [0.717, 1.165) is 55.6 Å². The molecule has 0 unspecified atom stereocenters. The first-order valence-corrected chi connectivity index (χ1v) is 12.2. The monoisotopic (exact) mass is 478 g/mol. The third-order valence-electron chi connectivity index (χ3n) is 5.65. The van der Waals surface area contributed by atoms with Gasteiger partial charge in [0.25, 0.3) is 0 Å². The van der Waals surface area contributed by atoms with Gasteiger partial charge in [-0.3, -0.25) is 9.69 Å². The van der Waals surface area contributed by atoms with Gasteiger partial charge in [-0.15, -0.1) is 11.3 Å². The molecule has 0 amide bonds. The van der Waals surface area contributed by atoms with Crippen molar-refractivity contribution < 1.29 is 14.2 Å². The number of hydrogen-bond acceptors (Lipinski definition) is 8. The average molecular weight is 479 g/mol. The van der Waals surface area contributed by atoms with Crippen molar-refractivity contribution in [3.8, 4) is 34.0 Å². The summed E-state index contributed by atoms with van der Waals surface area (Å²) in [6.07, 6.45) is 0. The summed E-state index contributed by atoms with van der Waals surface area (Å²) in [4.78, 5) is 19.8. The minimum absolute atomic E-state index is 0.309. The van der Waals surface area contributed by atoms with Crippen molar-refractivity contribution in [2.24, 2.45) is 0 Å². The Bertz CT molecular complexity index is 1300. The van der Waals surface area contributed by atoms with Crippen LogP contribution in [0.25, 0.3) is 27.5 Å². The molecule has 4 aromatic rings. The molecule has 0 spiro atoms. The average Bonchev–Trinajstić information content (AvgIpc) is 3.28. The standard InChI is InChI=1S/C25H26N4O4S/c1-2-32-20-9-5-19(6-10-20)23-24(30)26-25-29(27-23)22(17-34-25)18-3-7-21(8-4-18)33-16-13-28-11-14-31-15-12-28/h3-10,17H,2,11-16H2,1H3. The van der Waals surface area contributed by atoms with Crippen LogP contribution in [0.5, 0.6) is 11.5 Å². The summed E-state index contributed by atoms with van der Waals surface area (Å²) >= 11 is 1.39. The van der Waals surface area contributed by atoms with Gasteiger partial charge < -0.3 is 14.2 Å². The lowest BCUT2D eigenvalue weighted by Gasteiger charge is -2.26. The summed E-state index contributed by atoms with van der Waals surface area (Å²) in [7, 11) is 0. The number of aromatic nitrogens is 3. The number of fused-ring (bicyclic) bond motifs is 1. The number of rotatable bonds is 8. The summed E-state index contributed by atoms with van der Waals surface area (Å²) in [5.74, 6) is 1.58. The van der Waals surface area contributed by atoms with E-state index in [1.807, 2.05) is 60.8 Å². The van der Waals surface area contributed by atoms with E-state index in [4.69, 9.17) is 14.2 Å². The molecule has 176 valence electrons. The number of thiazole rings is 1. The van der Waals surface area contributed by atoms with E-state index >= 15 is 0 Å². The number of benzene rings is 2. The van der Waals surface area contributed by atoms with Gasteiger partial charge in [-0.2, -0.15) is 10.1 Å². The zero-order valence-electron chi connectivity index (χ0n) is 19.0. The van der Waals surface area contributed by atoms with Crippen molar-refractivity contribution in [1.29, 1.82) is 0 Å². The number of nitrogens with zero attached hydrogens (tertiary/aromatic N) is 4. The number of hydrogen-bond donors (Lipinski definition) is 0. The number of morpholine rings is 1. The summed E-state index contributed by atoms with van der Waals surface area (Å²) in [6.45, 7) is 7.53. The van der Waals surface area contributed by atoms with Crippen molar-refractivity contribution in [2.45, 2.75) is 6.92 Å². The Morgan fingerprint density at radius 3 is 2.35 bits per heavy atom. The van der Waals surface area contributed by atoms with Gasteiger partial charge in [0.2, 0.25) is 4.96 Å². The molecule has 5 rings (SSSR count). The first kappa shape index (κ1) is 22.5. The van der Waals surface area contributed by atoms with E-state index in [0.29, 0.717) is 29.4 Å². The van der Waals surface area contributed by atoms with Crippen LogP contribution >= 0.6 is 11.3 Å². The van der Waals surface area contributed by atoms with E-state index in [-0.39, 0.29) is 5.56 Å². The van der Waals surface area contributed by atoms with E-state index in [1.54, 1.807) is 4.52 Å². The van der Waals surface area contributed by atoms with Gasteiger partial charge in [-0.25, -0.2) is 4.52 Å². The maximum atomic E-state index is 12.6. The third kappa shape index (κ3) is 4.96. The molecule has 2 aromatic heterocycles. The lowest BCUT2D eigenvalue weighted by atomic mass is 10.1. The Morgan fingerprint density at radius 2 is 1.65 bits per heavy atom. The second-order valence-corrected chi connectivity index (χ2v) is 8.70. The van der Waals surface area contributed by atoms with Crippen molar-refractivity contribution in [1.82, 2.24) is 19.5 Å². The van der Waals surface area contributed by atoms with Crippen LogP contribution in [0, 0.1) is 0 Å². The largest absolute Gasteiger partial charge is 0.494 e. The van der Waals surface area contributed by atoms with Crippen molar-refractivity contribution in [3.05, 3.63) is 64.3 Å². The lowest BCUT2D eigenvalue weighted by molar-refractivity contribution is 0.0322. The molecule has 0 atom stereocenters. The predicted molar refractivity (Wildman–Crippen MR) is 132 cm³/mol. The Balaban J connectivity index is 1.34. The van der Waals surface area contributed by atoms with E-state index in [2.05, 4.69) is 15.0 Å². The Labute approximate surface area is 201 Å². The van der Waals surface area contributed by atoms with Crippen molar-refractivity contribution in [2.75, 3.05) is 46.1 Å². The molecule has 0 saturated carbocycles. The quantitative estimate of drug-likeness (QED) is 0.383. The van der Waals surface area contributed by atoms with Gasteiger partial charge in [-0.1, -0.05) is 0 Å². The molecular weight excluding hydrogens is 452 g/mol. The molecule has 0 aliphatic carbocycles. The van der Waals surface area contributed by atoms with E-state index < -0.39 is 0 Å². The number of ether oxygens (including phenoxy) is 3. The molecule has 8 nitrogen and oxygen atoms in total. The topological polar surface area (TPSA) is 78.2 Å². The first-order chi connectivity index (χ1) is 16.7. The summed E-state index contributed by atoms with van der Waals surface area (Å²) in [6, 6.07) is 15.3. The normalized spacial score (nSPS) is 14.4. The van der Waals surface area contributed by atoms with Gasteiger partial charge in [0.15, 0.2) is 5.69 Å². The highest BCUT2D eigenvalue weighted by molar-refractivity contribution is 7.15. The SMILES string of the molecule is CCOc1ccc(-c2nn3c(-c4ccc(OCCN5CCOCC5)cc4)csc3nc2=O)cc1. The molecule has 0 radical (unpaired) electrons. The Kier molecular flexibility index (Phi) is 6.84. The summed E-state index contributed by atoms with van der Waals surface area (Å²) < 4.78 is 18.5. The van der Waals surface area contributed by atoms with Crippen LogP contribution < -0.4 is 15.0 Å². The Morgan fingerprint density at radius 1 is 0.971 bits per heavy atom. The fraction of sp³-hybridized carbons (Fsp3) is 0.320. The fourth-order valence-corrected chi connectivity index (χ4v) is 4.68. The summed E-state index contributed by atoms with van der Waals surface area (Å²) in [5.41, 5.74) is 2.52. The highest BCUT2D eigenvalue weighted by Gasteiger charge is 2.14. The van der Waals surface area contributed by atoms with Gasteiger partial charge in [0.05, 0.1) is 25.5 Å². The van der Waals surface area contributed by atoms with Gasteiger partial charge in [0.1, 0.15) is 18.1 Å². The van der Waals surface area contributed by atoms with Crippen LogP contribution in [0.3, 0.4) is 0 Å². The highest BCUT2D eigenvalue weighted by Crippen LogP contribution is 2.27. The van der Waals surface area contributed by atoms with Crippen LogP contribution in [0.2, 0.25) is 0 Å². The highest BCUT2D eigenvalue weighted by atomic mass is 32.1. The molecule has 1 saturated heterocycles. The minimum atomic E-state index is -0.346. The predicted octanol–water partition coefficient (Wildman–Crippen LogP) is 3.59. The van der Waals surface area contributed by atoms with Gasteiger partial charge in [0, 0.05) is 36.1 Å². The molecule has 9 heteroatoms. The van der Waals surface area contributed by atoms with Crippen LogP contribution in [0.4, 0.5) is 0 Å². The molecule has 3 heterocycles. The molecule has 1 aliphatic heterocycles. The molecule has 1 aliphatic rings. The van der Waals surface area contributed by atoms with E-state index in [1.165, 1.54) is 11.3 Å². The third-order valence-corrected chi connectivity index (χ3v) is 6.47. The van der Waals surface area contributed by atoms with Crippen LogP contribution in [-0.2, 0) is 4.74 Å². The summed E-state index contributed by atoms with van der Waals surface area (Å²) in [5, 5.41) is 6.61. The maximum Gasteiger partial charge on any atom is 0.300 e. The fourth-order valence-electron chi connectivity index (χ4n) is 3.85. The maximum absolute atomic E-state index is 12.6. The minimum Gasteiger partial charge on any atom is -0.494 e. The zero-order valence-corrected chi connectivity index (χ0v) is 19.8. The van der Waals surface area contributed by atoms with Crippen LogP contribution in [0.15, 0.2) is 58.7 Å².